The van der Waals surface area contributed by atoms with Gasteiger partial charge in [-0.15, -0.1) is 0 Å². The van der Waals surface area contributed by atoms with E-state index in [1.807, 2.05) is 31.2 Å². The van der Waals surface area contributed by atoms with Gasteiger partial charge >= 0.3 is 0 Å². The van der Waals surface area contributed by atoms with Gasteiger partial charge in [0.2, 0.25) is 0 Å². The van der Waals surface area contributed by atoms with Crippen molar-refractivity contribution in [1.29, 1.82) is 0 Å². The van der Waals surface area contributed by atoms with Gasteiger partial charge in [0.25, 0.3) is 17.5 Å². The fraction of sp³-hybridized carbons (Fsp3) is 0.391. The molecule has 2 amide bonds. The number of aryl methyl sites for hydroxylation is 1. The molecule has 162 valence electrons. The molecule has 0 atom stereocenters. The number of piperazine rings is 1. The third kappa shape index (κ3) is 4.38. The van der Waals surface area contributed by atoms with Crippen molar-refractivity contribution >= 4 is 23.2 Å². The topological polar surface area (TPSA) is 87.0 Å². The van der Waals surface area contributed by atoms with Crippen LogP contribution in [0.15, 0.2) is 42.5 Å². The van der Waals surface area contributed by atoms with E-state index >= 15 is 0 Å². The summed E-state index contributed by atoms with van der Waals surface area (Å²) in [6, 6.07) is 12.0. The van der Waals surface area contributed by atoms with Crippen LogP contribution in [0.4, 0.5) is 11.4 Å². The lowest BCUT2D eigenvalue weighted by atomic mass is 10.1. The van der Waals surface area contributed by atoms with Crippen LogP contribution in [0, 0.1) is 17.0 Å². The number of hydrogen-bond acceptors (Lipinski definition) is 5. The average molecular weight is 422 g/mol. The number of carbonyl (C=O) groups excluding carboxylic acids is 2. The highest BCUT2D eigenvalue weighted by molar-refractivity contribution is 6.01. The Hall–Kier alpha value is -3.42. The second-order valence-corrected chi connectivity index (χ2v) is 8.10. The normalized spacial score (nSPS) is 16.5. The summed E-state index contributed by atoms with van der Waals surface area (Å²) in [5.41, 5.74) is 2.78. The lowest BCUT2D eigenvalue weighted by Gasteiger charge is -2.35. The van der Waals surface area contributed by atoms with E-state index in [9.17, 15) is 19.7 Å². The Morgan fingerprint density at radius 3 is 2.00 bits per heavy atom. The first kappa shape index (κ1) is 20.8. The number of benzene rings is 2. The molecule has 8 nitrogen and oxygen atoms in total. The van der Waals surface area contributed by atoms with Crippen LogP contribution < -0.4 is 4.90 Å². The van der Waals surface area contributed by atoms with Gasteiger partial charge < -0.3 is 14.7 Å². The molecule has 2 saturated heterocycles. The largest absolute Gasteiger partial charge is 0.371 e. The van der Waals surface area contributed by atoms with Crippen LogP contribution in [0.25, 0.3) is 0 Å². The van der Waals surface area contributed by atoms with E-state index in [2.05, 4.69) is 4.90 Å². The van der Waals surface area contributed by atoms with E-state index in [1.165, 1.54) is 12.1 Å². The number of rotatable bonds is 4. The molecule has 0 N–H and O–H groups in total. The second-order valence-electron chi connectivity index (χ2n) is 8.10. The van der Waals surface area contributed by atoms with Gasteiger partial charge in [0.05, 0.1) is 16.2 Å². The van der Waals surface area contributed by atoms with E-state index < -0.39 is 4.92 Å². The average Bonchev–Trinajstić information content (AvgIpc) is 3.33. The van der Waals surface area contributed by atoms with Gasteiger partial charge in [-0.25, -0.2) is 0 Å². The van der Waals surface area contributed by atoms with Crippen molar-refractivity contribution in [2.24, 2.45) is 0 Å². The summed E-state index contributed by atoms with van der Waals surface area (Å²) in [6.45, 7) is 5.34. The van der Waals surface area contributed by atoms with Gasteiger partial charge in [-0.1, -0.05) is 17.7 Å². The van der Waals surface area contributed by atoms with Crippen LogP contribution in [-0.4, -0.2) is 65.8 Å². The van der Waals surface area contributed by atoms with E-state index in [4.69, 9.17) is 0 Å². The number of nitro benzene ring substituents is 1. The van der Waals surface area contributed by atoms with Crippen molar-refractivity contribution < 1.29 is 14.5 Å². The fourth-order valence-electron chi connectivity index (χ4n) is 4.20. The SMILES string of the molecule is Cc1ccc(C(=O)N2CCN(C(=O)c3cc([N+](=O)[O-])ccc3N3CCCC3)CC2)cc1. The molecule has 2 fully saturated rings. The molecule has 0 spiro atoms. The Kier molecular flexibility index (Phi) is 5.88. The predicted octanol–water partition coefficient (Wildman–Crippen LogP) is 3.10. The molecule has 31 heavy (non-hydrogen) atoms. The Morgan fingerprint density at radius 2 is 1.42 bits per heavy atom. The third-order valence-corrected chi connectivity index (χ3v) is 6.02. The molecule has 2 aromatic rings. The van der Waals surface area contributed by atoms with Crippen molar-refractivity contribution in [3.63, 3.8) is 0 Å². The zero-order valence-corrected chi connectivity index (χ0v) is 17.6. The number of nitrogens with zero attached hydrogens (tertiary/aromatic N) is 4. The van der Waals surface area contributed by atoms with Gasteiger partial charge in [-0.05, 0) is 38.0 Å². The molecular weight excluding hydrogens is 396 g/mol. The Morgan fingerprint density at radius 1 is 0.839 bits per heavy atom. The molecule has 2 aliphatic rings. The number of carbonyl (C=O) groups is 2. The molecule has 0 saturated carbocycles. The van der Waals surface area contributed by atoms with Crippen molar-refractivity contribution in [3.05, 3.63) is 69.3 Å². The van der Waals surface area contributed by atoms with Crippen LogP contribution in [-0.2, 0) is 0 Å². The van der Waals surface area contributed by atoms with Crippen LogP contribution >= 0.6 is 0 Å². The first-order valence-electron chi connectivity index (χ1n) is 10.6. The van der Waals surface area contributed by atoms with Gasteiger partial charge in [-0.3, -0.25) is 19.7 Å². The quantitative estimate of drug-likeness (QED) is 0.558. The number of anilines is 1. The van der Waals surface area contributed by atoms with Crippen LogP contribution in [0.2, 0.25) is 0 Å². The van der Waals surface area contributed by atoms with Crippen LogP contribution in [0.3, 0.4) is 0 Å². The number of hydrogen-bond donors (Lipinski definition) is 0. The summed E-state index contributed by atoms with van der Waals surface area (Å²) in [5.74, 6) is -0.256. The van der Waals surface area contributed by atoms with Crippen molar-refractivity contribution in [2.75, 3.05) is 44.2 Å². The minimum atomic E-state index is -0.470. The second kappa shape index (κ2) is 8.75. The maximum Gasteiger partial charge on any atom is 0.270 e. The van der Waals surface area contributed by atoms with Crippen LogP contribution in [0.5, 0.6) is 0 Å². The number of non-ortho nitro benzene ring substituents is 1. The summed E-state index contributed by atoms with van der Waals surface area (Å²) in [4.78, 5) is 42.4. The van der Waals surface area contributed by atoms with E-state index in [0.717, 1.165) is 37.2 Å². The highest BCUT2D eigenvalue weighted by Gasteiger charge is 2.29. The number of amides is 2. The summed E-state index contributed by atoms with van der Waals surface area (Å²) in [5, 5.41) is 11.3. The van der Waals surface area contributed by atoms with Gasteiger partial charge in [0, 0.05) is 57.0 Å². The molecule has 0 aromatic heterocycles. The first-order valence-corrected chi connectivity index (χ1v) is 10.6. The number of nitro groups is 1. The summed E-state index contributed by atoms with van der Waals surface area (Å²) < 4.78 is 0. The fourth-order valence-corrected chi connectivity index (χ4v) is 4.20. The maximum atomic E-state index is 13.3. The Balaban J connectivity index is 1.49. The monoisotopic (exact) mass is 422 g/mol. The molecule has 0 unspecified atom stereocenters. The summed E-state index contributed by atoms with van der Waals surface area (Å²) >= 11 is 0. The minimum absolute atomic E-state index is 0.0415. The molecule has 8 heteroatoms. The van der Waals surface area contributed by atoms with Crippen molar-refractivity contribution in [2.45, 2.75) is 19.8 Å². The predicted molar refractivity (Wildman–Crippen MR) is 118 cm³/mol. The summed E-state index contributed by atoms with van der Waals surface area (Å²) in [7, 11) is 0. The zero-order chi connectivity index (χ0) is 22.0. The molecule has 0 aliphatic carbocycles. The van der Waals surface area contributed by atoms with Crippen molar-refractivity contribution in [1.82, 2.24) is 9.80 Å². The van der Waals surface area contributed by atoms with Crippen molar-refractivity contribution in [3.8, 4) is 0 Å². The van der Waals surface area contributed by atoms with Gasteiger partial charge in [-0.2, -0.15) is 0 Å². The summed E-state index contributed by atoms with van der Waals surface area (Å²) in [6.07, 6.45) is 2.09. The molecule has 4 rings (SSSR count). The molecular formula is C23H26N4O4. The Bertz CT molecular complexity index is 991. The molecule has 2 aliphatic heterocycles. The molecule has 0 radical (unpaired) electrons. The highest BCUT2D eigenvalue weighted by atomic mass is 16.6. The third-order valence-electron chi connectivity index (χ3n) is 6.02. The van der Waals surface area contributed by atoms with Gasteiger partial charge in [0.15, 0.2) is 0 Å². The van der Waals surface area contributed by atoms with Crippen LogP contribution in [0.1, 0.15) is 39.1 Å². The molecule has 2 aromatic carbocycles. The first-order chi connectivity index (χ1) is 14.9. The zero-order valence-electron chi connectivity index (χ0n) is 17.6. The maximum absolute atomic E-state index is 13.3. The minimum Gasteiger partial charge on any atom is -0.371 e. The van der Waals surface area contributed by atoms with E-state index in [1.54, 1.807) is 15.9 Å². The Labute approximate surface area is 181 Å². The molecule has 0 bridgehead atoms. The van der Waals surface area contributed by atoms with E-state index in [0.29, 0.717) is 37.3 Å². The lowest BCUT2D eigenvalue weighted by Crippen LogP contribution is -2.50. The highest BCUT2D eigenvalue weighted by Crippen LogP contribution is 2.29. The smallest absolute Gasteiger partial charge is 0.270 e. The lowest BCUT2D eigenvalue weighted by molar-refractivity contribution is -0.384. The van der Waals surface area contributed by atoms with E-state index in [-0.39, 0.29) is 17.5 Å². The molecule has 2 heterocycles. The van der Waals surface area contributed by atoms with Gasteiger partial charge in [0.1, 0.15) is 0 Å². The standard InChI is InChI=1S/C23H26N4O4/c1-17-4-6-18(7-5-17)22(28)25-12-14-26(15-13-25)23(29)20-16-19(27(30)31)8-9-21(20)24-10-2-3-11-24/h4-9,16H,2-3,10-15H2,1H3.